The quantitative estimate of drug-likeness (QED) is 0.540. The van der Waals surface area contributed by atoms with E-state index in [1.165, 1.54) is 12.3 Å². The molecule has 5 heteroatoms. The van der Waals surface area contributed by atoms with Crippen LogP contribution in [0.1, 0.15) is 33.3 Å². The summed E-state index contributed by atoms with van der Waals surface area (Å²) in [6.07, 6.45) is 1.68. The maximum absolute atomic E-state index is 11.4. The van der Waals surface area contributed by atoms with Gasteiger partial charge in [0.25, 0.3) is 0 Å². The maximum atomic E-state index is 11.4. The molecule has 0 aliphatic carbocycles. The van der Waals surface area contributed by atoms with Crippen molar-refractivity contribution >= 4 is 12.3 Å². The van der Waals surface area contributed by atoms with Crippen LogP contribution in [0.25, 0.3) is 0 Å². The summed E-state index contributed by atoms with van der Waals surface area (Å²) >= 11 is 0. The van der Waals surface area contributed by atoms with Crippen molar-refractivity contribution in [3.05, 3.63) is 29.1 Å². The van der Waals surface area contributed by atoms with Crippen LogP contribution in [-0.2, 0) is 4.74 Å². The van der Waals surface area contributed by atoms with Gasteiger partial charge in [0.2, 0.25) is 0 Å². The van der Waals surface area contributed by atoms with Gasteiger partial charge in [-0.1, -0.05) is 0 Å². The fourth-order valence-corrected chi connectivity index (χ4v) is 1.00. The van der Waals surface area contributed by atoms with Gasteiger partial charge in [0.05, 0.1) is 17.7 Å². The van der Waals surface area contributed by atoms with Crippen LogP contribution in [0.4, 0.5) is 0 Å². The standard InChI is InChI=1S/C10H8N2O3/c1-2-15-10(14)8-3-7(4-11)5-12-9(8)6-13/h3,5-6H,2H2,1H3. The van der Waals surface area contributed by atoms with E-state index in [4.69, 9.17) is 10.00 Å². The second-order valence-corrected chi connectivity index (χ2v) is 2.61. The van der Waals surface area contributed by atoms with Crippen LogP contribution in [0.2, 0.25) is 0 Å². The highest BCUT2D eigenvalue weighted by atomic mass is 16.5. The van der Waals surface area contributed by atoms with Crippen LogP contribution in [0.5, 0.6) is 0 Å². The molecule has 0 aliphatic heterocycles. The second kappa shape index (κ2) is 4.86. The van der Waals surface area contributed by atoms with Crippen molar-refractivity contribution in [2.24, 2.45) is 0 Å². The number of ether oxygens (including phenoxy) is 1. The summed E-state index contributed by atoms with van der Waals surface area (Å²) in [6.45, 7) is 1.86. The summed E-state index contributed by atoms with van der Waals surface area (Å²) in [6, 6.07) is 3.12. The Morgan fingerprint density at radius 1 is 1.73 bits per heavy atom. The first kappa shape index (κ1) is 10.9. The van der Waals surface area contributed by atoms with Crippen molar-refractivity contribution in [3.8, 4) is 6.07 Å². The fourth-order valence-electron chi connectivity index (χ4n) is 1.00. The number of carbonyl (C=O) groups excluding carboxylic acids is 2. The van der Waals surface area contributed by atoms with Crippen LogP contribution in [-0.4, -0.2) is 23.8 Å². The molecule has 1 heterocycles. The molecule has 15 heavy (non-hydrogen) atoms. The van der Waals surface area contributed by atoms with E-state index in [-0.39, 0.29) is 23.4 Å². The van der Waals surface area contributed by atoms with Gasteiger partial charge < -0.3 is 4.74 Å². The zero-order valence-corrected chi connectivity index (χ0v) is 8.06. The molecule has 5 nitrogen and oxygen atoms in total. The number of nitrogens with zero attached hydrogens (tertiary/aromatic N) is 2. The average molecular weight is 204 g/mol. The van der Waals surface area contributed by atoms with Crippen LogP contribution >= 0.6 is 0 Å². The molecular weight excluding hydrogens is 196 g/mol. The minimum atomic E-state index is -0.649. The highest BCUT2D eigenvalue weighted by molar-refractivity contribution is 5.97. The van der Waals surface area contributed by atoms with E-state index in [0.717, 1.165) is 0 Å². The number of carbonyl (C=O) groups is 2. The Morgan fingerprint density at radius 2 is 2.47 bits per heavy atom. The first-order chi connectivity index (χ1) is 7.22. The molecule has 0 saturated heterocycles. The molecule has 1 rings (SSSR count). The van der Waals surface area contributed by atoms with Gasteiger partial charge in [-0.3, -0.25) is 9.78 Å². The van der Waals surface area contributed by atoms with Crippen LogP contribution in [0.15, 0.2) is 12.3 Å². The summed E-state index contributed by atoms with van der Waals surface area (Å²) in [5.41, 5.74) is 0.210. The third kappa shape index (κ3) is 2.38. The third-order valence-corrected chi connectivity index (χ3v) is 1.65. The largest absolute Gasteiger partial charge is 0.462 e. The molecule has 0 spiro atoms. The van der Waals surface area contributed by atoms with E-state index in [9.17, 15) is 9.59 Å². The van der Waals surface area contributed by atoms with Crippen molar-refractivity contribution in [2.75, 3.05) is 6.61 Å². The molecule has 0 fully saturated rings. The minimum Gasteiger partial charge on any atom is -0.462 e. The highest BCUT2D eigenvalue weighted by Gasteiger charge is 2.14. The van der Waals surface area contributed by atoms with E-state index in [1.807, 2.05) is 6.07 Å². The topological polar surface area (TPSA) is 80.1 Å². The molecule has 0 bridgehead atoms. The Balaban J connectivity index is 3.18. The summed E-state index contributed by atoms with van der Waals surface area (Å²) in [5, 5.41) is 8.61. The van der Waals surface area contributed by atoms with Gasteiger partial charge in [-0.05, 0) is 13.0 Å². The Bertz CT molecular complexity index is 435. The molecule has 0 aliphatic rings. The van der Waals surface area contributed by atoms with E-state index in [1.54, 1.807) is 6.92 Å². The van der Waals surface area contributed by atoms with E-state index in [2.05, 4.69) is 4.98 Å². The zero-order chi connectivity index (χ0) is 11.3. The lowest BCUT2D eigenvalue weighted by molar-refractivity contribution is 0.0523. The summed E-state index contributed by atoms with van der Waals surface area (Å²) in [4.78, 5) is 25.6. The van der Waals surface area contributed by atoms with Gasteiger partial charge in [0, 0.05) is 6.20 Å². The number of aldehydes is 1. The van der Waals surface area contributed by atoms with Gasteiger partial charge in [-0.25, -0.2) is 4.79 Å². The lowest BCUT2D eigenvalue weighted by Crippen LogP contribution is -2.09. The van der Waals surface area contributed by atoms with Gasteiger partial charge in [0.15, 0.2) is 6.29 Å². The van der Waals surface area contributed by atoms with Crippen LogP contribution in [0, 0.1) is 11.3 Å². The number of nitriles is 1. The molecule has 0 aromatic carbocycles. The normalized spacial score (nSPS) is 9.07. The third-order valence-electron chi connectivity index (χ3n) is 1.65. The minimum absolute atomic E-state index is 0.0194. The second-order valence-electron chi connectivity index (χ2n) is 2.61. The molecule has 0 saturated carbocycles. The number of pyridine rings is 1. The SMILES string of the molecule is CCOC(=O)c1cc(C#N)cnc1C=O. The molecule has 1 aromatic rings. The summed E-state index contributed by atoms with van der Waals surface area (Å²) < 4.78 is 4.72. The van der Waals surface area contributed by atoms with Crippen molar-refractivity contribution in [1.82, 2.24) is 4.98 Å². The van der Waals surface area contributed by atoms with Gasteiger partial charge in [0.1, 0.15) is 11.8 Å². The Kier molecular flexibility index (Phi) is 3.52. The molecule has 76 valence electrons. The van der Waals surface area contributed by atoms with Crippen LogP contribution in [0.3, 0.4) is 0 Å². The van der Waals surface area contributed by atoms with E-state index >= 15 is 0 Å². The van der Waals surface area contributed by atoms with Crippen molar-refractivity contribution in [1.29, 1.82) is 5.26 Å². The first-order valence-corrected chi connectivity index (χ1v) is 4.25. The molecular formula is C10H8N2O3. The summed E-state index contributed by atoms with van der Waals surface area (Å²) in [5.74, 6) is -0.649. The Morgan fingerprint density at radius 3 is 3.00 bits per heavy atom. The van der Waals surface area contributed by atoms with Gasteiger partial charge in [-0.2, -0.15) is 5.26 Å². The number of hydrogen-bond donors (Lipinski definition) is 0. The maximum Gasteiger partial charge on any atom is 0.340 e. The smallest absolute Gasteiger partial charge is 0.340 e. The van der Waals surface area contributed by atoms with Crippen molar-refractivity contribution < 1.29 is 14.3 Å². The number of esters is 1. The zero-order valence-electron chi connectivity index (χ0n) is 8.06. The van der Waals surface area contributed by atoms with Gasteiger partial charge in [-0.15, -0.1) is 0 Å². The molecule has 0 N–H and O–H groups in total. The lowest BCUT2D eigenvalue weighted by Gasteiger charge is -2.03. The number of aromatic nitrogens is 1. The summed E-state index contributed by atoms with van der Waals surface area (Å²) in [7, 11) is 0. The van der Waals surface area contributed by atoms with E-state index < -0.39 is 5.97 Å². The monoisotopic (exact) mass is 204 g/mol. The average Bonchev–Trinajstić information content (AvgIpc) is 2.28. The van der Waals surface area contributed by atoms with Crippen molar-refractivity contribution in [3.63, 3.8) is 0 Å². The lowest BCUT2D eigenvalue weighted by atomic mass is 10.1. The van der Waals surface area contributed by atoms with Gasteiger partial charge >= 0.3 is 5.97 Å². The molecule has 0 atom stereocenters. The predicted molar refractivity (Wildman–Crippen MR) is 50.3 cm³/mol. The van der Waals surface area contributed by atoms with E-state index in [0.29, 0.717) is 6.29 Å². The number of rotatable bonds is 3. The molecule has 1 aromatic heterocycles. The Labute approximate surface area is 86.3 Å². The van der Waals surface area contributed by atoms with Crippen LogP contribution < -0.4 is 0 Å². The molecule has 0 radical (unpaired) electrons. The molecule has 0 unspecified atom stereocenters. The Hall–Kier alpha value is -2.22. The number of hydrogen-bond acceptors (Lipinski definition) is 5. The first-order valence-electron chi connectivity index (χ1n) is 4.25. The van der Waals surface area contributed by atoms with Crippen molar-refractivity contribution in [2.45, 2.75) is 6.92 Å². The molecule has 0 amide bonds. The predicted octanol–water partition coefficient (Wildman–Crippen LogP) is 0.942. The highest BCUT2D eigenvalue weighted by Crippen LogP contribution is 2.08. The fraction of sp³-hybridized carbons (Fsp3) is 0.200.